The Morgan fingerprint density at radius 2 is 2.00 bits per heavy atom. The van der Waals surface area contributed by atoms with Crippen molar-refractivity contribution in [3.63, 3.8) is 0 Å². The standard InChI is InChI=1S/C13H15N3O4/c17-13(14-5-7-20-8-6-14)15-4-3-10-1-2-11(16(18)19)9-12(10)15/h1-2,9H,3-8H2. The molecule has 2 aliphatic rings. The Labute approximate surface area is 115 Å². The van der Waals surface area contributed by atoms with E-state index in [2.05, 4.69) is 0 Å². The Kier molecular flexibility index (Phi) is 3.27. The van der Waals surface area contributed by atoms with Gasteiger partial charge in [-0.2, -0.15) is 0 Å². The number of nitro benzene ring substituents is 1. The molecule has 0 aliphatic carbocycles. The van der Waals surface area contributed by atoms with Crippen LogP contribution >= 0.6 is 0 Å². The Balaban J connectivity index is 1.85. The second kappa shape index (κ2) is 5.09. The van der Waals surface area contributed by atoms with Crippen LogP contribution in [0.3, 0.4) is 0 Å². The Morgan fingerprint density at radius 1 is 1.25 bits per heavy atom. The van der Waals surface area contributed by atoms with Crippen LogP contribution in [0, 0.1) is 10.1 Å². The van der Waals surface area contributed by atoms with Gasteiger partial charge in [-0.05, 0) is 12.0 Å². The predicted molar refractivity (Wildman–Crippen MR) is 71.9 cm³/mol. The Bertz CT molecular complexity index is 555. The van der Waals surface area contributed by atoms with Crippen LogP contribution in [-0.4, -0.2) is 48.7 Å². The molecule has 1 fully saturated rings. The van der Waals surface area contributed by atoms with Crippen molar-refractivity contribution in [1.82, 2.24) is 4.90 Å². The lowest BCUT2D eigenvalue weighted by Gasteiger charge is -2.31. The van der Waals surface area contributed by atoms with Crippen LogP contribution < -0.4 is 4.90 Å². The van der Waals surface area contributed by atoms with Crippen LogP contribution in [0.15, 0.2) is 18.2 Å². The van der Waals surface area contributed by atoms with Gasteiger partial charge < -0.3 is 9.64 Å². The molecule has 1 saturated heterocycles. The van der Waals surface area contributed by atoms with Gasteiger partial charge in [-0.25, -0.2) is 4.79 Å². The van der Waals surface area contributed by atoms with Crippen molar-refractivity contribution >= 4 is 17.4 Å². The minimum Gasteiger partial charge on any atom is -0.378 e. The van der Waals surface area contributed by atoms with Gasteiger partial charge in [0.25, 0.3) is 5.69 Å². The number of anilines is 1. The van der Waals surface area contributed by atoms with Gasteiger partial charge in [-0.15, -0.1) is 0 Å². The summed E-state index contributed by atoms with van der Waals surface area (Å²) in [6.07, 6.45) is 0.739. The number of fused-ring (bicyclic) bond motifs is 1. The number of hydrogen-bond donors (Lipinski definition) is 0. The molecule has 7 heteroatoms. The van der Waals surface area contributed by atoms with Crippen molar-refractivity contribution < 1.29 is 14.5 Å². The lowest BCUT2D eigenvalue weighted by molar-refractivity contribution is -0.384. The fourth-order valence-corrected chi connectivity index (χ4v) is 2.61. The third-order valence-corrected chi connectivity index (χ3v) is 3.69. The van der Waals surface area contributed by atoms with E-state index in [1.165, 1.54) is 12.1 Å². The number of morpholine rings is 1. The molecular formula is C13H15N3O4. The number of rotatable bonds is 1. The van der Waals surface area contributed by atoms with Crippen molar-refractivity contribution in [1.29, 1.82) is 0 Å². The van der Waals surface area contributed by atoms with Crippen LogP contribution in [0.1, 0.15) is 5.56 Å². The maximum absolute atomic E-state index is 12.5. The zero-order valence-electron chi connectivity index (χ0n) is 10.9. The first kappa shape index (κ1) is 12.9. The van der Waals surface area contributed by atoms with E-state index in [1.54, 1.807) is 15.9 Å². The molecule has 0 N–H and O–H groups in total. The molecule has 0 atom stereocenters. The molecule has 20 heavy (non-hydrogen) atoms. The molecule has 2 amide bonds. The summed E-state index contributed by atoms with van der Waals surface area (Å²) in [5.41, 5.74) is 1.67. The highest BCUT2D eigenvalue weighted by atomic mass is 16.6. The van der Waals surface area contributed by atoms with Gasteiger partial charge in [0, 0.05) is 31.8 Å². The molecule has 1 aromatic rings. The quantitative estimate of drug-likeness (QED) is 0.574. The van der Waals surface area contributed by atoms with Crippen molar-refractivity contribution in [2.24, 2.45) is 0 Å². The summed E-state index contributed by atoms with van der Waals surface area (Å²) in [4.78, 5) is 26.3. The van der Waals surface area contributed by atoms with Crippen molar-refractivity contribution in [2.75, 3.05) is 37.7 Å². The summed E-state index contributed by atoms with van der Waals surface area (Å²) in [5.74, 6) is 0. The number of nitrogens with zero attached hydrogens (tertiary/aromatic N) is 3. The molecule has 0 unspecified atom stereocenters. The second-order valence-electron chi connectivity index (χ2n) is 4.85. The minimum absolute atomic E-state index is 0.0189. The number of non-ortho nitro benzene ring substituents is 1. The Morgan fingerprint density at radius 3 is 2.70 bits per heavy atom. The van der Waals surface area contributed by atoms with Crippen LogP contribution in [0.2, 0.25) is 0 Å². The van der Waals surface area contributed by atoms with E-state index in [0.717, 1.165) is 12.0 Å². The highest BCUT2D eigenvalue weighted by molar-refractivity contribution is 5.94. The van der Waals surface area contributed by atoms with Crippen LogP contribution in [0.5, 0.6) is 0 Å². The summed E-state index contributed by atoms with van der Waals surface area (Å²) >= 11 is 0. The summed E-state index contributed by atoms with van der Waals surface area (Å²) in [7, 11) is 0. The summed E-state index contributed by atoms with van der Waals surface area (Å²) < 4.78 is 5.23. The van der Waals surface area contributed by atoms with Crippen molar-refractivity contribution in [3.05, 3.63) is 33.9 Å². The maximum Gasteiger partial charge on any atom is 0.324 e. The molecule has 106 valence electrons. The lowest BCUT2D eigenvalue weighted by atomic mass is 10.1. The van der Waals surface area contributed by atoms with Crippen LogP contribution in [0.4, 0.5) is 16.2 Å². The SMILES string of the molecule is O=C(N1CCOCC1)N1CCc2ccc([N+](=O)[O-])cc21. The fourth-order valence-electron chi connectivity index (χ4n) is 2.61. The van der Waals surface area contributed by atoms with Crippen molar-refractivity contribution in [3.8, 4) is 0 Å². The molecule has 3 rings (SSSR count). The highest BCUT2D eigenvalue weighted by Gasteiger charge is 2.30. The van der Waals surface area contributed by atoms with Crippen LogP contribution in [-0.2, 0) is 11.2 Å². The smallest absolute Gasteiger partial charge is 0.324 e. The summed E-state index contributed by atoms with van der Waals surface area (Å²) in [6, 6.07) is 4.62. The first-order valence-corrected chi connectivity index (χ1v) is 6.58. The van der Waals surface area contributed by atoms with Gasteiger partial charge in [0.2, 0.25) is 0 Å². The molecule has 2 aliphatic heterocycles. The molecular weight excluding hydrogens is 262 g/mol. The monoisotopic (exact) mass is 277 g/mol. The first-order valence-electron chi connectivity index (χ1n) is 6.58. The van der Waals surface area contributed by atoms with E-state index in [-0.39, 0.29) is 11.7 Å². The van der Waals surface area contributed by atoms with E-state index in [1.807, 2.05) is 0 Å². The van der Waals surface area contributed by atoms with E-state index >= 15 is 0 Å². The van der Waals surface area contributed by atoms with Gasteiger partial charge in [-0.3, -0.25) is 15.0 Å². The number of carbonyl (C=O) groups excluding carboxylic acids is 1. The molecule has 1 aromatic carbocycles. The number of ether oxygens (including phenoxy) is 1. The van der Waals surface area contributed by atoms with Gasteiger partial charge in [0.05, 0.1) is 23.8 Å². The maximum atomic E-state index is 12.5. The minimum atomic E-state index is -0.435. The van der Waals surface area contributed by atoms with Gasteiger partial charge in [0.15, 0.2) is 0 Å². The van der Waals surface area contributed by atoms with Crippen LogP contribution in [0.25, 0.3) is 0 Å². The number of amides is 2. The number of nitro groups is 1. The lowest BCUT2D eigenvalue weighted by Crippen LogP contribution is -2.47. The van der Waals surface area contributed by atoms with E-state index < -0.39 is 4.92 Å². The number of benzene rings is 1. The van der Waals surface area contributed by atoms with Crippen molar-refractivity contribution in [2.45, 2.75) is 6.42 Å². The fraction of sp³-hybridized carbons (Fsp3) is 0.462. The normalized spacial score (nSPS) is 18.0. The topological polar surface area (TPSA) is 75.9 Å². The van der Waals surface area contributed by atoms with E-state index in [0.29, 0.717) is 38.5 Å². The second-order valence-corrected chi connectivity index (χ2v) is 4.85. The number of hydrogen-bond acceptors (Lipinski definition) is 4. The zero-order valence-corrected chi connectivity index (χ0v) is 10.9. The third-order valence-electron chi connectivity index (χ3n) is 3.69. The summed E-state index contributed by atoms with van der Waals surface area (Å²) in [6.45, 7) is 2.80. The zero-order chi connectivity index (χ0) is 14.1. The molecule has 0 radical (unpaired) electrons. The van der Waals surface area contributed by atoms with E-state index in [9.17, 15) is 14.9 Å². The molecule has 0 aromatic heterocycles. The Hall–Kier alpha value is -2.15. The average molecular weight is 277 g/mol. The predicted octanol–water partition coefficient (Wildman–Crippen LogP) is 1.41. The molecule has 0 spiro atoms. The van der Waals surface area contributed by atoms with Gasteiger partial charge in [0.1, 0.15) is 0 Å². The number of carbonyl (C=O) groups is 1. The van der Waals surface area contributed by atoms with E-state index in [4.69, 9.17) is 4.74 Å². The van der Waals surface area contributed by atoms with Gasteiger partial charge in [-0.1, -0.05) is 6.07 Å². The largest absolute Gasteiger partial charge is 0.378 e. The molecule has 2 heterocycles. The molecule has 0 bridgehead atoms. The highest BCUT2D eigenvalue weighted by Crippen LogP contribution is 2.32. The average Bonchev–Trinajstić information content (AvgIpc) is 2.90. The first-order chi connectivity index (χ1) is 9.66. The molecule has 7 nitrogen and oxygen atoms in total. The number of urea groups is 1. The summed E-state index contributed by atoms with van der Waals surface area (Å²) in [5, 5.41) is 10.9. The molecule has 0 saturated carbocycles. The van der Waals surface area contributed by atoms with Gasteiger partial charge >= 0.3 is 6.03 Å². The third kappa shape index (κ3) is 2.20.